The molecule has 0 aromatic heterocycles. The number of carbonyl (C=O) groups excluding carboxylic acids is 1. The van der Waals surface area contributed by atoms with Gasteiger partial charge >= 0.3 is 5.97 Å². The van der Waals surface area contributed by atoms with E-state index in [1.807, 2.05) is 61.5 Å². The van der Waals surface area contributed by atoms with Crippen molar-refractivity contribution in [3.05, 3.63) is 94.5 Å². The van der Waals surface area contributed by atoms with Crippen LogP contribution in [0.1, 0.15) is 55.6 Å². The maximum atomic E-state index is 12.1. The van der Waals surface area contributed by atoms with E-state index < -0.39 is 24.2 Å². The van der Waals surface area contributed by atoms with Gasteiger partial charge in [-0.2, -0.15) is 0 Å². The minimum Gasteiger partial charge on any atom is -0.489 e. The Morgan fingerprint density at radius 2 is 1.78 bits per heavy atom. The lowest BCUT2D eigenvalue weighted by Crippen LogP contribution is -2.50. The van der Waals surface area contributed by atoms with Crippen LogP contribution < -0.4 is 14.8 Å². The predicted molar refractivity (Wildman–Crippen MR) is 140 cm³/mol. The van der Waals surface area contributed by atoms with E-state index in [0.29, 0.717) is 41.5 Å². The molecule has 37 heavy (non-hydrogen) atoms. The Morgan fingerprint density at radius 1 is 1.03 bits per heavy atom. The third kappa shape index (κ3) is 7.24. The first-order valence-electron chi connectivity index (χ1n) is 12.1. The van der Waals surface area contributed by atoms with Gasteiger partial charge in [0.15, 0.2) is 6.61 Å². The molecule has 2 N–H and O–H groups in total. The van der Waals surface area contributed by atoms with Gasteiger partial charge in [-0.1, -0.05) is 54.1 Å². The van der Waals surface area contributed by atoms with Gasteiger partial charge in [-0.15, -0.1) is 0 Å². The van der Waals surface area contributed by atoms with E-state index in [0.717, 1.165) is 11.1 Å². The number of benzene rings is 3. The first kappa shape index (κ1) is 26.5. The molecule has 0 unspecified atom stereocenters. The number of nitrogens with one attached hydrogen (secondary N) is 1. The monoisotopic (exact) mass is 523 g/mol. The predicted octanol–water partition coefficient (Wildman–Crippen LogP) is 5.87. The molecule has 1 saturated heterocycles. The van der Waals surface area contributed by atoms with Crippen molar-refractivity contribution in [1.82, 2.24) is 5.32 Å². The number of ether oxygens (including phenoxy) is 3. The van der Waals surface area contributed by atoms with Crippen molar-refractivity contribution in [3.8, 4) is 11.5 Å². The van der Waals surface area contributed by atoms with Crippen LogP contribution in [0, 0.1) is 0 Å². The summed E-state index contributed by atoms with van der Waals surface area (Å²) in [7, 11) is 0. The van der Waals surface area contributed by atoms with Gasteiger partial charge in [-0.05, 0) is 48.4 Å². The molecule has 0 aliphatic carbocycles. The first-order chi connectivity index (χ1) is 17.7. The first-order valence-corrected chi connectivity index (χ1v) is 12.4. The van der Waals surface area contributed by atoms with E-state index >= 15 is 0 Å². The fourth-order valence-corrected chi connectivity index (χ4v) is 4.89. The molecule has 3 aromatic carbocycles. The normalized spacial score (nSPS) is 21.2. The van der Waals surface area contributed by atoms with Crippen LogP contribution in [-0.4, -0.2) is 29.1 Å². The minimum atomic E-state index is -1.08. The van der Waals surface area contributed by atoms with Crippen molar-refractivity contribution in [3.63, 3.8) is 0 Å². The molecule has 8 heteroatoms. The summed E-state index contributed by atoms with van der Waals surface area (Å²) in [6.45, 7) is 3.35. The zero-order valence-electron chi connectivity index (χ0n) is 20.8. The average Bonchev–Trinajstić information content (AvgIpc) is 2.86. The summed E-state index contributed by atoms with van der Waals surface area (Å²) in [4.78, 5) is 23.3. The molecule has 4 rings (SSSR count). The lowest BCUT2D eigenvalue weighted by Gasteiger charge is -2.43. The fourth-order valence-electron chi connectivity index (χ4n) is 4.69. The third-order valence-corrected chi connectivity index (χ3v) is 6.46. The number of rotatable bonds is 9. The topological polar surface area (TPSA) is 94.1 Å². The Kier molecular flexibility index (Phi) is 8.36. The zero-order valence-corrected chi connectivity index (χ0v) is 21.5. The van der Waals surface area contributed by atoms with Gasteiger partial charge in [0.2, 0.25) is 5.91 Å². The highest BCUT2D eigenvalue weighted by Crippen LogP contribution is 2.46. The summed E-state index contributed by atoms with van der Waals surface area (Å²) in [5, 5.41) is 12.9. The molecule has 194 valence electrons. The molecule has 1 aliphatic rings. The second kappa shape index (κ2) is 11.7. The van der Waals surface area contributed by atoms with Crippen molar-refractivity contribution in [2.45, 2.75) is 51.0 Å². The van der Waals surface area contributed by atoms with E-state index in [-0.39, 0.29) is 12.0 Å². The molecule has 1 heterocycles. The number of hydrogen-bond donors (Lipinski definition) is 2. The molecule has 1 amide bonds. The molecule has 0 spiro atoms. The van der Waals surface area contributed by atoms with E-state index in [9.17, 15) is 14.7 Å². The van der Waals surface area contributed by atoms with Gasteiger partial charge in [0, 0.05) is 35.9 Å². The van der Waals surface area contributed by atoms with Gasteiger partial charge in [0.05, 0.1) is 12.2 Å². The standard InChI is InChI=1S/C29H30ClNO6/c1-19(32)31-29(2)15-26(21-9-6-10-22(30)13-21)37-27(16-29)24-14-23(11-12-25(24)36-18-28(33)34)35-17-20-7-4-3-5-8-20/h3-14,26-27H,15-18H2,1-2H3,(H,31,32)(H,33,34)/t26-,27+,29+/m0/s1. The number of hydrogen-bond acceptors (Lipinski definition) is 5. The summed E-state index contributed by atoms with van der Waals surface area (Å²) >= 11 is 6.26. The quantitative estimate of drug-likeness (QED) is 0.364. The summed E-state index contributed by atoms with van der Waals surface area (Å²) in [5.74, 6) is -0.247. The van der Waals surface area contributed by atoms with E-state index in [1.165, 1.54) is 6.92 Å². The highest BCUT2D eigenvalue weighted by molar-refractivity contribution is 6.30. The Bertz CT molecular complexity index is 1250. The Morgan fingerprint density at radius 3 is 2.49 bits per heavy atom. The minimum absolute atomic E-state index is 0.143. The third-order valence-electron chi connectivity index (χ3n) is 6.23. The smallest absolute Gasteiger partial charge is 0.341 e. The maximum Gasteiger partial charge on any atom is 0.341 e. The lowest BCUT2D eigenvalue weighted by molar-refractivity contribution is -0.139. The number of carboxylic acids is 1. The zero-order chi connectivity index (χ0) is 26.4. The van der Waals surface area contributed by atoms with Gasteiger partial charge in [-0.3, -0.25) is 4.79 Å². The lowest BCUT2D eigenvalue weighted by atomic mass is 9.81. The van der Waals surface area contributed by atoms with Crippen molar-refractivity contribution in [2.75, 3.05) is 6.61 Å². The van der Waals surface area contributed by atoms with Crippen molar-refractivity contribution < 1.29 is 28.9 Å². The van der Waals surface area contributed by atoms with Gasteiger partial charge in [0.1, 0.15) is 18.1 Å². The average molecular weight is 524 g/mol. The second-order valence-electron chi connectivity index (χ2n) is 9.47. The molecule has 0 bridgehead atoms. The van der Waals surface area contributed by atoms with Crippen LogP contribution >= 0.6 is 11.6 Å². The van der Waals surface area contributed by atoms with Crippen LogP contribution in [0.3, 0.4) is 0 Å². The number of carboxylic acid groups (broad SMARTS) is 1. The van der Waals surface area contributed by atoms with Crippen LogP contribution in [0.25, 0.3) is 0 Å². The molecule has 1 fully saturated rings. The Balaban J connectivity index is 1.68. The largest absolute Gasteiger partial charge is 0.489 e. The van der Waals surface area contributed by atoms with Crippen LogP contribution in [0.2, 0.25) is 5.02 Å². The highest BCUT2D eigenvalue weighted by Gasteiger charge is 2.41. The number of halogens is 1. The maximum absolute atomic E-state index is 12.1. The van der Waals surface area contributed by atoms with E-state index in [4.69, 9.17) is 25.8 Å². The van der Waals surface area contributed by atoms with Crippen LogP contribution in [0.4, 0.5) is 0 Å². The number of aliphatic carboxylic acids is 1. The summed E-state index contributed by atoms with van der Waals surface area (Å²) in [6, 6.07) is 22.5. The SMILES string of the molecule is CC(=O)N[C@]1(C)C[C@@H](c2cccc(Cl)c2)O[C@@H](c2cc(OCc3ccccc3)ccc2OCC(=O)O)C1. The number of carbonyl (C=O) groups is 2. The van der Waals surface area contributed by atoms with Gasteiger partial charge in [-0.25, -0.2) is 4.79 Å². The molecule has 1 aliphatic heterocycles. The summed E-state index contributed by atoms with van der Waals surface area (Å²) in [6.07, 6.45) is 0.114. The second-order valence-corrected chi connectivity index (χ2v) is 9.91. The number of amides is 1. The summed E-state index contributed by atoms with van der Waals surface area (Å²) in [5.41, 5.74) is 1.96. The summed E-state index contributed by atoms with van der Waals surface area (Å²) < 4.78 is 18.2. The fraction of sp³-hybridized carbons (Fsp3) is 0.310. The van der Waals surface area contributed by atoms with Crippen molar-refractivity contribution >= 4 is 23.5 Å². The molecule has 0 radical (unpaired) electrons. The Hall–Kier alpha value is -3.55. The van der Waals surface area contributed by atoms with Crippen molar-refractivity contribution in [2.24, 2.45) is 0 Å². The van der Waals surface area contributed by atoms with Crippen LogP contribution in [-0.2, 0) is 20.9 Å². The Labute approximate surface area is 221 Å². The highest BCUT2D eigenvalue weighted by atomic mass is 35.5. The van der Waals surface area contributed by atoms with Crippen LogP contribution in [0.15, 0.2) is 72.8 Å². The van der Waals surface area contributed by atoms with E-state index in [2.05, 4.69) is 5.32 Å². The van der Waals surface area contributed by atoms with E-state index in [1.54, 1.807) is 18.2 Å². The molecule has 3 atom stereocenters. The van der Waals surface area contributed by atoms with Gasteiger partial charge in [0.25, 0.3) is 0 Å². The molecule has 0 saturated carbocycles. The van der Waals surface area contributed by atoms with Gasteiger partial charge < -0.3 is 24.6 Å². The molecular weight excluding hydrogens is 494 g/mol. The molecule has 3 aromatic rings. The van der Waals surface area contributed by atoms with Crippen LogP contribution in [0.5, 0.6) is 11.5 Å². The molecular formula is C29H30ClNO6. The molecule has 7 nitrogen and oxygen atoms in total. The van der Waals surface area contributed by atoms with Crippen molar-refractivity contribution in [1.29, 1.82) is 0 Å².